The van der Waals surface area contributed by atoms with Gasteiger partial charge in [0.2, 0.25) is 0 Å². The van der Waals surface area contributed by atoms with Crippen LogP contribution in [0.3, 0.4) is 0 Å². The van der Waals surface area contributed by atoms with Crippen LogP contribution in [-0.2, 0) is 7.05 Å². The van der Waals surface area contributed by atoms with Crippen LogP contribution in [0.2, 0.25) is 0 Å². The van der Waals surface area contributed by atoms with Gasteiger partial charge in [0.15, 0.2) is 5.88 Å². The molecule has 60 valence electrons. The highest BCUT2D eigenvalue weighted by atomic mass is 16.6. The van der Waals surface area contributed by atoms with E-state index in [0.717, 1.165) is 0 Å². The SMILES string of the molecule is COc1cc([N+](=O)[O-])cn1C. The highest BCUT2D eigenvalue weighted by molar-refractivity contribution is 5.34. The van der Waals surface area contributed by atoms with Crippen LogP contribution in [-0.4, -0.2) is 16.6 Å². The zero-order valence-electron chi connectivity index (χ0n) is 6.27. The summed E-state index contributed by atoms with van der Waals surface area (Å²) in [6, 6.07) is 1.38. The molecule has 0 radical (unpaired) electrons. The fourth-order valence-corrected chi connectivity index (χ4v) is 0.830. The Morgan fingerprint density at radius 2 is 2.36 bits per heavy atom. The molecule has 0 unspecified atom stereocenters. The van der Waals surface area contributed by atoms with Crippen molar-refractivity contribution in [3.05, 3.63) is 22.4 Å². The lowest BCUT2D eigenvalue weighted by atomic mass is 10.5. The molecule has 0 fully saturated rings. The van der Waals surface area contributed by atoms with Crippen molar-refractivity contribution in [1.29, 1.82) is 0 Å². The molecule has 0 amide bonds. The van der Waals surface area contributed by atoms with Crippen molar-refractivity contribution in [2.75, 3.05) is 7.11 Å². The third-order valence-electron chi connectivity index (χ3n) is 1.36. The van der Waals surface area contributed by atoms with Gasteiger partial charge in [-0.3, -0.25) is 10.1 Å². The summed E-state index contributed by atoms with van der Waals surface area (Å²) in [6.07, 6.45) is 1.40. The van der Waals surface area contributed by atoms with Crippen molar-refractivity contribution in [1.82, 2.24) is 4.57 Å². The lowest BCUT2D eigenvalue weighted by Crippen LogP contribution is -1.90. The van der Waals surface area contributed by atoms with E-state index < -0.39 is 4.92 Å². The van der Waals surface area contributed by atoms with E-state index in [1.165, 1.54) is 19.4 Å². The van der Waals surface area contributed by atoms with Crippen LogP contribution in [0, 0.1) is 10.1 Å². The molecule has 0 aliphatic heterocycles. The number of hydrogen-bond donors (Lipinski definition) is 0. The van der Waals surface area contributed by atoms with Gasteiger partial charge < -0.3 is 9.30 Å². The Hall–Kier alpha value is -1.52. The second kappa shape index (κ2) is 2.61. The summed E-state index contributed by atoms with van der Waals surface area (Å²) in [5.41, 5.74) is 0.0457. The summed E-state index contributed by atoms with van der Waals surface area (Å²) in [7, 11) is 3.16. The molecule has 1 aromatic rings. The molecule has 0 bridgehead atoms. The first-order valence-electron chi connectivity index (χ1n) is 3.00. The maximum Gasteiger partial charge on any atom is 0.290 e. The number of methoxy groups -OCH3 is 1. The molecular formula is C6H8N2O3. The van der Waals surface area contributed by atoms with E-state index in [4.69, 9.17) is 4.74 Å². The zero-order valence-corrected chi connectivity index (χ0v) is 6.27. The molecule has 5 heteroatoms. The topological polar surface area (TPSA) is 57.3 Å². The van der Waals surface area contributed by atoms with E-state index >= 15 is 0 Å². The number of ether oxygens (including phenoxy) is 1. The van der Waals surface area contributed by atoms with Crippen molar-refractivity contribution >= 4 is 5.69 Å². The van der Waals surface area contributed by atoms with Crippen molar-refractivity contribution in [3.63, 3.8) is 0 Å². The number of rotatable bonds is 2. The lowest BCUT2D eigenvalue weighted by molar-refractivity contribution is -0.384. The van der Waals surface area contributed by atoms with Crippen LogP contribution in [0.4, 0.5) is 5.69 Å². The summed E-state index contributed by atoms with van der Waals surface area (Å²) in [4.78, 5) is 9.76. The summed E-state index contributed by atoms with van der Waals surface area (Å²) in [5, 5.41) is 10.2. The summed E-state index contributed by atoms with van der Waals surface area (Å²) in [5.74, 6) is 0.483. The first kappa shape index (κ1) is 7.59. The van der Waals surface area contributed by atoms with E-state index in [0.29, 0.717) is 5.88 Å². The minimum Gasteiger partial charge on any atom is -0.482 e. The number of aryl methyl sites for hydroxylation is 1. The highest BCUT2D eigenvalue weighted by Gasteiger charge is 2.11. The molecule has 11 heavy (non-hydrogen) atoms. The smallest absolute Gasteiger partial charge is 0.290 e. The van der Waals surface area contributed by atoms with Crippen molar-refractivity contribution in [3.8, 4) is 5.88 Å². The quantitative estimate of drug-likeness (QED) is 0.473. The van der Waals surface area contributed by atoms with Crippen LogP contribution in [0.25, 0.3) is 0 Å². The maximum atomic E-state index is 10.2. The Bertz CT molecular complexity index is 279. The molecule has 1 rings (SSSR count). The molecule has 0 aliphatic carbocycles. The normalized spacial score (nSPS) is 9.64. The molecule has 0 saturated carbocycles. The number of nitrogens with zero attached hydrogens (tertiary/aromatic N) is 2. The fourth-order valence-electron chi connectivity index (χ4n) is 0.830. The van der Waals surface area contributed by atoms with E-state index in [1.807, 2.05) is 0 Å². The largest absolute Gasteiger partial charge is 0.482 e. The Kier molecular flexibility index (Phi) is 1.80. The minimum atomic E-state index is -0.456. The molecule has 0 spiro atoms. The zero-order chi connectivity index (χ0) is 8.43. The van der Waals surface area contributed by atoms with Gasteiger partial charge in [0, 0.05) is 7.05 Å². The van der Waals surface area contributed by atoms with Crippen molar-refractivity contribution in [2.45, 2.75) is 0 Å². The van der Waals surface area contributed by atoms with E-state index in [-0.39, 0.29) is 5.69 Å². The maximum absolute atomic E-state index is 10.2. The first-order chi connectivity index (χ1) is 5.15. The van der Waals surface area contributed by atoms with Gasteiger partial charge in [-0.1, -0.05) is 0 Å². The van der Waals surface area contributed by atoms with E-state index in [1.54, 1.807) is 11.6 Å². The van der Waals surface area contributed by atoms with Gasteiger partial charge in [-0.25, -0.2) is 0 Å². The van der Waals surface area contributed by atoms with E-state index in [2.05, 4.69) is 0 Å². The summed E-state index contributed by atoms with van der Waals surface area (Å²) < 4.78 is 6.39. The molecule has 5 nitrogen and oxygen atoms in total. The minimum absolute atomic E-state index is 0.0457. The van der Waals surface area contributed by atoms with Crippen molar-refractivity contribution < 1.29 is 9.66 Å². The summed E-state index contributed by atoms with van der Waals surface area (Å²) in [6.45, 7) is 0. The molecule has 0 aromatic carbocycles. The van der Waals surface area contributed by atoms with Crippen LogP contribution in [0.5, 0.6) is 5.88 Å². The molecule has 0 saturated heterocycles. The third-order valence-corrected chi connectivity index (χ3v) is 1.36. The van der Waals surface area contributed by atoms with E-state index in [9.17, 15) is 10.1 Å². The van der Waals surface area contributed by atoms with Gasteiger partial charge in [-0.2, -0.15) is 0 Å². The van der Waals surface area contributed by atoms with Crippen molar-refractivity contribution in [2.24, 2.45) is 7.05 Å². The second-order valence-electron chi connectivity index (χ2n) is 2.11. The monoisotopic (exact) mass is 156 g/mol. The molecule has 1 heterocycles. The van der Waals surface area contributed by atoms with Gasteiger partial charge in [0.25, 0.3) is 5.69 Å². The molecule has 0 N–H and O–H groups in total. The van der Waals surface area contributed by atoms with Crippen LogP contribution in [0.15, 0.2) is 12.3 Å². The second-order valence-corrected chi connectivity index (χ2v) is 2.11. The Morgan fingerprint density at radius 1 is 1.73 bits per heavy atom. The molecular weight excluding hydrogens is 148 g/mol. The first-order valence-corrected chi connectivity index (χ1v) is 3.00. The van der Waals surface area contributed by atoms with Gasteiger partial charge in [0.1, 0.15) is 0 Å². The average molecular weight is 156 g/mol. The predicted molar refractivity (Wildman–Crippen MR) is 38.6 cm³/mol. The lowest BCUT2D eigenvalue weighted by Gasteiger charge is -1.96. The standard InChI is InChI=1S/C6H8N2O3/c1-7-4-5(8(9)10)3-6(7)11-2/h3-4H,1-2H3. The molecule has 0 atom stereocenters. The van der Waals surface area contributed by atoms with Gasteiger partial charge in [0.05, 0.1) is 24.3 Å². The van der Waals surface area contributed by atoms with Gasteiger partial charge >= 0.3 is 0 Å². The highest BCUT2D eigenvalue weighted by Crippen LogP contribution is 2.20. The summed E-state index contributed by atoms with van der Waals surface area (Å²) >= 11 is 0. The van der Waals surface area contributed by atoms with Gasteiger partial charge in [-0.05, 0) is 0 Å². The molecule has 0 aliphatic rings. The Labute approximate surface area is 63.3 Å². The van der Waals surface area contributed by atoms with Crippen LogP contribution in [0.1, 0.15) is 0 Å². The number of nitro groups is 1. The number of hydrogen-bond acceptors (Lipinski definition) is 3. The predicted octanol–water partition coefficient (Wildman–Crippen LogP) is 0.942. The third kappa shape index (κ3) is 1.31. The van der Waals surface area contributed by atoms with Crippen LogP contribution < -0.4 is 4.74 Å². The van der Waals surface area contributed by atoms with Crippen LogP contribution >= 0.6 is 0 Å². The number of aromatic nitrogens is 1. The Morgan fingerprint density at radius 3 is 2.64 bits per heavy atom. The Balaban J connectivity index is 3.05. The fraction of sp³-hybridized carbons (Fsp3) is 0.333. The molecule has 1 aromatic heterocycles. The van der Waals surface area contributed by atoms with Gasteiger partial charge in [-0.15, -0.1) is 0 Å². The average Bonchev–Trinajstić information content (AvgIpc) is 2.31.